The van der Waals surface area contributed by atoms with Gasteiger partial charge in [-0.25, -0.2) is 8.42 Å². The number of aromatic nitrogens is 1. The maximum Gasteiger partial charge on any atom is 0.261 e. The fourth-order valence-electron chi connectivity index (χ4n) is 2.12. The van der Waals surface area contributed by atoms with Gasteiger partial charge >= 0.3 is 0 Å². The van der Waals surface area contributed by atoms with Gasteiger partial charge in [0, 0.05) is 27.3 Å². The molecule has 1 heterocycles. The summed E-state index contributed by atoms with van der Waals surface area (Å²) >= 11 is 3.37. The van der Waals surface area contributed by atoms with Crippen molar-refractivity contribution < 1.29 is 8.42 Å². The minimum absolute atomic E-state index is 0.248. The van der Waals surface area contributed by atoms with Crippen molar-refractivity contribution in [3.63, 3.8) is 0 Å². The van der Waals surface area contributed by atoms with Gasteiger partial charge in [0.25, 0.3) is 10.0 Å². The summed E-state index contributed by atoms with van der Waals surface area (Å²) in [4.78, 5) is 3.32. The summed E-state index contributed by atoms with van der Waals surface area (Å²) in [5, 5.41) is 0.960. The molecular weight excluding hydrogens is 352 g/mol. The average molecular weight is 365 g/mol. The Morgan fingerprint density at radius 3 is 2.67 bits per heavy atom. The van der Waals surface area contributed by atoms with E-state index in [1.54, 1.807) is 30.3 Å². The molecule has 0 bridgehead atoms. The summed E-state index contributed by atoms with van der Waals surface area (Å²) in [7, 11) is -3.59. The van der Waals surface area contributed by atoms with Crippen LogP contribution in [-0.4, -0.2) is 13.4 Å². The molecule has 0 atom stereocenters. The van der Waals surface area contributed by atoms with Crippen molar-refractivity contribution in [2.75, 3.05) is 4.72 Å². The number of halogens is 1. The van der Waals surface area contributed by atoms with Gasteiger partial charge in [-0.05, 0) is 55.0 Å². The lowest BCUT2D eigenvalue weighted by molar-refractivity contribution is 0.601. The number of sulfonamides is 1. The molecule has 0 spiro atoms. The maximum atomic E-state index is 12.4. The van der Waals surface area contributed by atoms with Crippen LogP contribution in [0, 0.1) is 6.92 Å². The van der Waals surface area contributed by atoms with E-state index in [1.165, 1.54) is 0 Å². The van der Waals surface area contributed by atoms with E-state index in [4.69, 9.17) is 0 Å². The second kappa shape index (κ2) is 5.20. The van der Waals surface area contributed by atoms with Crippen molar-refractivity contribution in [1.82, 2.24) is 4.98 Å². The SMILES string of the molecule is Cc1cc(S(=O)(=O)Nc2ccc3[nH]ccc3c2)ccc1Br. The maximum absolute atomic E-state index is 12.4. The van der Waals surface area contributed by atoms with E-state index in [9.17, 15) is 8.42 Å². The minimum atomic E-state index is -3.59. The Labute approximate surface area is 131 Å². The van der Waals surface area contributed by atoms with Crippen LogP contribution < -0.4 is 4.72 Å². The summed E-state index contributed by atoms with van der Waals surface area (Å²) in [5.41, 5.74) is 2.39. The molecule has 0 unspecified atom stereocenters. The van der Waals surface area contributed by atoms with Crippen molar-refractivity contribution in [1.29, 1.82) is 0 Å². The molecule has 0 saturated carbocycles. The summed E-state index contributed by atoms with van der Waals surface area (Å²) in [5.74, 6) is 0. The molecule has 3 rings (SSSR count). The second-order valence-corrected chi connectivity index (χ2v) is 7.33. The number of anilines is 1. The predicted molar refractivity (Wildman–Crippen MR) is 88.0 cm³/mol. The highest BCUT2D eigenvalue weighted by Gasteiger charge is 2.15. The first-order valence-electron chi connectivity index (χ1n) is 6.32. The normalized spacial score (nSPS) is 11.7. The van der Waals surface area contributed by atoms with Crippen LogP contribution in [0.1, 0.15) is 5.56 Å². The van der Waals surface area contributed by atoms with Crippen LogP contribution in [0.4, 0.5) is 5.69 Å². The fourth-order valence-corrected chi connectivity index (χ4v) is 3.50. The smallest absolute Gasteiger partial charge is 0.261 e. The van der Waals surface area contributed by atoms with E-state index >= 15 is 0 Å². The summed E-state index contributed by atoms with van der Waals surface area (Å²) in [6.07, 6.45) is 1.82. The molecule has 2 N–H and O–H groups in total. The average Bonchev–Trinajstić information content (AvgIpc) is 2.88. The molecule has 1 aromatic heterocycles. The summed E-state index contributed by atoms with van der Waals surface area (Å²) in [6.45, 7) is 1.86. The molecule has 0 saturated heterocycles. The third kappa shape index (κ3) is 2.82. The van der Waals surface area contributed by atoms with Crippen molar-refractivity contribution in [2.24, 2.45) is 0 Å². The fraction of sp³-hybridized carbons (Fsp3) is 0.0667. The van der Waals surface area contributed by atoms with Crippen molar-refractivity contribution in [3.05, 3.63) is 58.7 Å². The quantitative estimate of drug-likeness (QED) is 0.736. The highest BCUT2D eigenvalue weighted by Crippen LogP contribution is 2.23. The molecule has 2 aromatic carbocycles. The van der Waals surface area contributed by atoms with Crippen molar-refractivity contribution in [3.8, 4) is 0 Å². The van der Waals surface area contributed by atoms with Crippen molar-refractivity contribution >= 4 is 42.5 Å². The van der Waals surface area contributed by atoms with Gasteiger partial charge in [-0.2, -0.15) is 0 Å². The Morgan fingerprint density at radius 1 is 1.10 bits per heavy atom. The Kier molecular flexibility index (Phi) is 3.51. The molecule has 0 radical (unpaired) electrons. The summed E-state index contributed by atoms with van der Waals surface area (Å²) in [6, 6.07) is 12.2. The first-order valence-corrected chi connectivity index (χ1v) is 8.59. The van der Waals surface area contributed by atoms with Gasteiger partial charge in [0.15, 0.2) is 0 Å². The van der Waals surface area contributed by atoms with Gasteiger partial charge in [-0.1, -0.05) is 15.9 Å². The molecule has 108 valence electrons. The Morgan fingerprint density at radius 2 is 1.90 bits per heavy atom. The van der Waals surface area contributed by atoms with Crippen LogP contribution in [0.3, 0.4) is 0 Å². The number of H-pyrrole nitrogens is 1. The van der Waals surface area contributed by atoms with Gasteiger partial charge in [-0.15, -0.1) is 0 Å². The van der Waals surface area contributed by atoms with Crippen LogP contribution in [0.2, 0.25) is 0 Å². The van der Waals surface area contributed by atoms with Gasteiger partial charge in [0.2, 0.25) is 0 Å². The molecule has 0 amide bonds. The predicted octanol–water partition coefficient (Wildman–Crippen LogP) is 4.04. The van der Waals surface area contributed by atoms with Crippen LogP contribution in [0.15, 0.2) is 58.0 Å². The van der Waals surface area contributed by atoms with Crippen LogP contribution in [0.25, 0.3) is 10.9 Å². The molecule has 21 heavy (non-hydrogen) atoms. The topological polar surface area (TPSA) is 62.0 Å². The van der Waals surface area contributed by atoms with E-state index in [2.05, 4.69) is 25.6 Å². The zero-order valence-corrected chi connectivity index (χ0v) is 13.6. The van der Waals surface area contributed by atoms with Gasteiger partial charge in [0.1, 0.15) is 0 Å². The van der Waals surface area contributed by atoms with E-state index in [0.717, 1.165) is 20.9 Å². The number of nitrogens with one attached hydrogen (secondary N) is 2. The zero-order valence-electron chi connectivity index (χ0n) is 11.2. The zero-order chi connectivity index (χ0) is 15.0. The molecule has 4 nitrogen and oxygen atoms in total. The lowest BCUT2D eigenvalue weighted by Gasteiger charge is -2.09. The largest absolute Gasteiger partial charge is 0.361 e. The number of aryl methyl sites for hydroxylation is 1. The van der Waals surface area contributed by atoms with E-state index in [-0.39, 0.29) is 4.90 Å². The molecule has 3 aromatic rings. The molecular formula is C15H13BrN2O2S. The standard InChI is InChI=1S/C15H13BrN2O2S/c1-10-8-13(3-4-14(10)16)21(19,20)18-12-2-5-15-11(9-12)6-7-17-15/h2-9,17-18H,1H3. The Bertz CT molecular complexity index is 916. The number of aromatic amines is 1. The van der Waals surface area contributed by atoms with E-state index in [0.29, 0.717) is 5.69 Å². The molecule has 0 fully saturated rings. The van der Waals surface area contributed by atoms with E-state index < -0.39 is 10.0 Å². The lowest BCUT2D eigenvalue weighted by atomic mass is 10.2. The lowest BCUT2D eigenvalue weighted by Crippen LogP contribution is -2.13. The highest BCUT2D eigenvalue weighted by molar-refractivity contribution is 9.10. The molecule has 0 aliphatic heterocycles. The first kappa shape index (κ1) is 14.2. The third-order valence-corrected chi connectivity index (χ3v) is 5.51. The number of hydrogen-bond acceptors (Lipinski definition) is 2. The van der Waals surface area contributed by atoms with Crippen LogP contribution >= 0.6 is 15.9 Å². The van der Waals surface area contributed by atoms with Gasteiger partial charge < -0.3 is 4.98 Å². The summed E-state index contributed by atoms with van der Waals surface area (Å²) < 4.78 is 28.3. The molecule has 6 heteroatoms. The second-order valence-electron chi connectivity index (χ2n) is 4.80. The number of rotatable bonds is 3. The third-order valence-electron chi connectivity index (χ3n) is 3.25. The Balaban J connectivity index is 1.96. The number of benzene rings is 2. The van der Waals surface area contributed by atoms with Crippen LogP contribution in [-0.2, 0) is 10.0 Å². The minimum Gasteiger partial charge on any atom is -0.361 e. The number of hydrogen-bond donors (Lipinski definition) is 2. The highest BCUT2D eigenvalue weighted by atomic mass is 79.9. The first-order chi connectivity index (χ1) is 9.95. The molecule has 0 aliphatic carbocycles. The van der Waals surface area contributed by atoms with Crippen LogP contribution in [0.5, 0.6) is 0 Å². The molecule has 0 aliphatic rings. The van der Waals surface area contributed by atoms with E-state index in [1.807, 2.05) is 25.3 Å². The van der Waals surface area contributed by atoms with Crippen molar-refractivity contribution in [2.45, 2.75) is 11.8 Å². The monoisotopic (exact) mass is 364 g/mol. The Hall–Kier alpha value is -1.79. The van der Waals surface area contributed by atoms with Gasteiger partial charge in [0.05, 0.1) is 4.90 Å². The van der Waals surface area contributed by atoms with Gasteiger partial charge in [-0.3, -0.25) is 4.72 Å². The number of fused-ring (bicyclic) bond motifs is 1.